The maximum Gasteiger partial charge on any atom is 0.389 e. The predicted octanol–water partition coefficient (Wildman–Crippen LogP) is 6.00. The number of allylic oxidation sites excluding steroid dienone is 1. The van der Waals surface area contributed by atoms with Gasteiger partial charge in [0, 0.05) is 12.3 Å². The molecular weight excluding hydrogens is 289 g/mol. The molecule has 1 nitrogen and oxygen atoms in total. The summed E-state index contributed by atoms with van der Waals surface area (Å²) in [5.41, 5.74) is 1.38. The van der Waals surface area contributed by atoms with Gasteiger partial charge in [-0.15, -0.1) is 0 Å². The molecule has 0 N–H and O–H groups in total. The van der Waals surface area contributed by atoms with Crippen LogP contribution in [0, 0.1) is 12.8 Å². The lowest BCUT2D eigenvalue weighted by Gasteiger charge is -2.32. The van der Waals surface area contributed by atoms with E-state index in [0.717, 1.165) is 11.1 Å². The number of alkyl halides is 3. The van der Waals surface area contributed by atoms with Crippen LogP contribution < -0.4 is 0 Å². The number of rotatable bonds is 5. The van der Waals surface area contributed by atoms with Gasteiger partial charge in [-0.25, -0.2) is 0 Å². The van der Waals surface area contributed by atoms with Gasteiger partial charge in [-0.2, -0.15) is 13.2 Å². The molecule has 0 spiro atoms. The van der Waals surface area contributed by atoms with Crippen LogP contribution in [0.4, 0.5) is 13.2 Å². The van der Waals surface area contributed by atoms with E-state index in [-0.39, 0.29) is 0 Å². The summed E-state index contributed by atoms with van der Waals surface area (Å²) in [7, 11) is 0. The van der Waals surface area contributed by atoms with Gasteiger partial charge in [-0.3, -0.25) is 0 Å². The normalized spacial score (nSPS) is 15.3. The summed E-state index contributed by atoms with van der Waals surface area (Å²) in [6.45, 7) is 13.0. The van der Waals surface area contributed by atoms with Crippen LogP contribution in [-0.4, -0.2) is 11.8 Å². The Morgan fingerprint density at radius 2 is 1.64 bits per heavy atom. The zero-order chi connectivity index (χ0) is 17.1. The lowest BCUT2D eigenvalue weighted by atomic mass is 9.83. The molecule has 2 unspecified atom stereocenters. The van der Waals surface area contributed by atoms with Crippen molar-refractivity contribution in [1.82, 2.24) is 0 Å². The van der Waals surface area contributed by atoms with Crippen molar-refractivity contribution in [1.29, 1.82) is 0 Å². The molecule has 0 radical (unpaired) electrons. The Kier molecular flexibility index (Phi) is 5.71. The Balaban J connectivity index is 3.09. The molecule has 22 heavy (non-hydrogen) atoms. The highest BCUT2D eigenvalue weighted by Gasteiger charge is 2.36. The second kappa shape index (κ2) is 6.76. The summed E-state index contributed by atoms with van der Waals surface area (Å²) < 4.78 is 44.1. The first-order chi connectivity index (χ1) is 9.89. The number of benzene rings is 1. The molecule has 0 aliphatic carbocycles. The molecule has 0 fully saturated rings. The third-order valence-corrected chi connectivity index (χ3v) is 3.34. The summed E-state index contributed by atoms with van der Waals surface area (Å²) >= 11 is 0. The minimum Gasteiger partial charge on any atom is -0.492 e. The van der Waals surface area contributed by atoms with E-state index in [9.17, 15) is 13.2 Å². The van der Waals surface area contributed by atoms with Crippen molar-refractivity contribution in [2.45, 2.75) is 58.7 Å². The molecule has 4 heteroatoms. The summed E-state index contributed by atoms with van der Waals surface area (Å²) in [4.78, 5) is 0. The van der Waals surface area contributed by atoms with E-state index in [1.54, 1.807) is 6.92 Å². The van der Waals surface area contributed by atoms with E-state index in [0.29, 0.717) is 5.76 Å². The van der Waals surface area contributed by atoms with Gasteiger partial charge in [0.05, 0.1) is 5.76 Å². The zero-order valence-electron chi connectivity index (χ0n) is 13.9. The number of hydrogen-bond acceptors (Lipinski definition) is 1. The molecule has 0 bridgehead atoms. The molecule has 124 valence electrons. The molecule has 1 rings (SSSR count). The summed E-state index contributed by atoms with van der Waals surface area (Å²) in [5, 5.41) is 0. The monoisotopic (exact) mass is 314 g/mol. The van der Waals surface area contributed by atoms with Gasteiger partial charge in [0.2, 0.25) is 0 Å². The van der Waals surface area contributed by atoms with Crippen LogP contribution in [0.5, 0.6) is 0 Å². The number of ether oxygens (including phenoxy) is 1. The molecule has 0 aromatic heterocycles. The quantitative estimate of drug-likeness (QED) is 0.606. The van der Waals surface area contributed by atoms with E-state index in [2.05, 4.69) is 6.58 Å². The van der Waals surface area contributed by atoms with Crippen LogP contribution in [0.2, 0.25) is 0 Å². The topological polar surface area (TPSA) is 9.23 Å². The molecule has 2 atom stereocenters. The molecule has 0 aliphatic heterocycles. The first-order valence-electron chi connectivity index (χ1n) is 7.40. The van der Waals surface area contributed by atoms with Crippen molar-refractivity contribution >= 4 is 0 Å². The minimum absolute atomic E-state index is 0.383. The van der Waals surface area contributed by atoms with Crippen LogP contribution in [0.1, 0.15) is 51.2 Å². The second-order valence-corrected chi connectivity index (χ2v) is 6.87. The Morgan fingerprint density at radius 1 is 1.14 bits per heavy atom. The van der Waals surface area contributed by atoms with E-state index >= 15 is 0 Å². The average Bonchev–Trinajstić information content (AvgIpc) is 2.27. The molecular formula is C18H25F3O. The fourth-order valence-electron chi connectivity index (χ4n) is 2.55. The van der Waals surface area contributed by atoms with Gasteiger partial charge in [-0.05, 0) is 39.2 Å². The zero-order valence-corrected chi connectivity index (χ0v) is 13.9. The lowest BCUT2D eigenvalue weighted by Crippen LogP contribution is -2.25. The van der Waals surface area contributed by atoms with Gasteiger partial charge >= 0.3 is 6.18 Å². The lowest BCUT2D eigenvalue weighted by molar-refractivity contribution is -0.145. The number of hydrogen-bond donors (Lipinski definition) is 0. The van der Waals surface area contributed by atoms with Gasteiger partial charge < -0.3 is 4.74 Å². The van der Waals surface area contributed by atoms with Gasteiger partial charge in [0.25, 0.3) is 0 Å². The standard InChI is InChI=1S/C18H25F3O/c1-12-7-9-15(10-8-12)16(13(2)11-18(19,20)21)14(3)22-17(4,5)6/h7-10,13,16H,3,11H2,1-2,4-6H3. The van der Waals surface area contributed by atoms with Crippen molar-refractivity contribution in [3.05, 3.63) is 47.7 Å². The molecule has 0 saturated carbocycles. The Labute approximate surface area is 131 Å². The van der Waals surface area contributed by atoms with E-state index in [4.69, 9.17) is 4.74 Å². The van der Waals surface area contributed by atoms with Crippen molar-refractivity contribution in [2.75, 3.05) is 0 Å². The first-order valence-corrected chi connectivity index (χ1v) is 7.40. The van der Waals surface area contributed by atoms with E-state index in [1.807, 2.05) is 52.0 Å². The highest BCUT2D eigenvalue weighted by atomic mass is 19.4. The summed E-state index contributed by atoms with van der Waals surface area (Å²) in [6.07, 6.45) is -5.07. The fraction of sp³-hybridized carbons (Fsp3) is 0.556. The van der Waals surface area contributed by atoms with Crippen LogP contribution >= 0.6 is 0 Å². The molecule has 0 saturated heterocycles. The van der Waals surface area contributed by atoms with Crippen LogP contribution in [0.3, 0.4) is 0 Å². The molecule has 0 aliphatic rings. The molecule has 1 aromatic carbocycles. The largest absolute Gasteiger partial charge is 0.492 e. The Hall–Kier alpha value is -1.45. The molecule has 1 aromatic rings. The Morgan fingerprint density at radius 3 is 2.05 bits per heavy atom. The highest BCUT2D eigenvalue weighted by molar-refractivity contribution is 5.29. The maximum absolute atomic E-state index is 12.8. The predicted molar refractivity (Wildman–Crippen MR) is 83.7 cm³/mol. The van der Waals surface area contributed by atoms with E-state index < -0.39 is 30.0 Å². The minimum atomic E-state index is -4.20. The van der Waals surface area contributed by atoms with Gasteiger partial charge in [0.1, 0.15) is 5.60 Å². The second-order valence-electron chi connectivity index (χ2n) is 6.87. The van der Waals surface area contributed by atoms with Crippen molar-refractivity contribution < 1.29 is 17.9 Å². The van der Waals surface area contributed by atoms with Crippen molar-refractivity contribution in [3.8, 4) is 0 Å². The summed E-state index contributed by atoms with van der Waals surface area (Å²) in [5.74, 6) is -0.743. The third kappa shape index (κ3) is 6.12. The third-order valence-electron chi connectivity index (χ3n) is 3.34. The smallest absolute Gasteiger partial charge is 0.389 e. The van der Waals surface area contributed by atoms with Crippen LogP contribution in [0.25, 0.3) is 0 Å². The number of aryl methyl sites for hydroxylation is 1. The average molecular weight is 314 g/mol. The SMILES string of the molecule is C=C(OC(C)(C)C)C(c1ccc(C)cc1)C(C)CC(F)(F)F. The molecule has 0 amide bonds. The summed E-state index contributed by atoms with van der Waals surface area (Å²) in [6, 6.07) is 7.49. The highest BCUT2D eigenvalue weighted by Crippen LogP contribution is 2.39. The van der Waals surface area contributed by atoms with Gasteiger partial charge in [0.15, 0.2) is 0 Å². The number of halogens is 3. The first kappa shape index (κ1) is 18.6. The fourth-order valence-corrected chi connectivity index (χ4v) is 2.55. The van der Waals surface area contributed by atoms with Crippen LogP contribution in [-0.2, 0) is 4.74 Å². The Bertz CT molecular complexity index is 495. The van der Waals surface area contributed by atoms with E-state index in [1.165, 1.54) is 0 Å². The van der Waals surface area contributed by atoms with Crippen molar-refractivity contribution in [2.24, 2.45) is 5.92 Å². The molecule has 0 heterocycles. The maximum atomic E-state index is 12.8. The van der Waals surface area contributed by atoms with Crippen molar-refractivity contribution in [3.63, 3.8) is 0 Å². The van der Waals surface area contributed by atoms with Gasteiger partial charge in [-0.1, -0.05) is 43.3 Å². The van der Waals surface area contributed by atoms with Crippen LogP contribution in [0.15, 0.2) is 36.6 Å².